The molecule has 0 aromatic heterocycles. The van der Waals surface area contributed by atoms with Crippen LogP contribution >= 0.6 is 12.4 Å². The predicted molar refractivity (Wildman–Crippen MR) is 78.9 cm³/mol. The zero-order chi connectivity index (χ0) is 13.5. The van der Waals surface area contributed by atoms with Crippen LogP contribution in [0.25, 0.3) is 0 Å². The lowest BCUT2D eigenvalue weighted by Crippen LogP contribution is -2.47. The molecule has 112 valence electrons. The number of carbonyl (C=O) groups excluding carboxylic acids is 1. The summed E-state index contributed by atoms with van der Waals surface area (Å²) in [6.45, 7) is 3.06. The van der Waals surface area contributed by atoms with E-state index in [1.165, 1.54) is 0 Å². The number of carbonyl (C=O) groups is 1. The molecule has 2 N–H and O–H groups in total. The van der Waals surface area contributed by atoms with E-state index >= 15 is 0 Å². The molecular formula is C14H21ClN2O3. The maximum Gasteiger partial charge on any atom is 0.250 e. The zero-order valence-corrected chi connectivity index (χ0v) is 12.4. The topological polar surface area (TPSA) is 59.6 Å². The molecule has 1 aromatic rings. The van der Waals surface area contributed by atoms with Gasteiger partial charge in [0.2, 0.25) is 0 Å². The van der Waals surface area contributed by atoms with Crippen LogP contribution in [0.3, 0.4) is 0 Å². The van der Waals surface area contributed by atoms with Crippen LogP contribution in [0.1, 0.15) is 11.1 Å². The van der Waals surface area contributed by atoms with Gasteiger partial charge in [0, 0.05) is 26.7 Å². The van der Waals surface area contributed by atoms with Gasteiger partial charge in [0.05, 0.1) is 13.2 Å². The van der Waals surface area contributed by atoms with E-state index in [1.54, 1.807) is 7.11 Å². The van der Waals surface area contributed by atoms with Crippen LogP contribution in [0.2, 0.25) is 0 Å². The highest BCUT2D eigenvalue weighted by Crippen LogP contribution is 2.06. The molecule has 0 aliphatic carbocycles. The first-order chi connectivity index (χ1) is 9.29. The minimum absolute atomic E-state index is 0. The monoisotopic (exact) mass is 300 g/mol. The number of hydrogen-bond acceptors (Lipinski definition) is 4. The summed E-state index contributed by atoms with van der Waals surface area (Å²) in [4.78, 5) is 11.9. The van der Waals surface area contributed by atoms with Crippen molar-refractivity contribution in [1.29, 1.82) is 0 Å². The molecule has 0 spiro atoms. The van der Waals surface area contributed by atoms with Crippen LogP contribution in [0.5, 0.6) is 0 Å². The Morgan fingerprint density at radius 3 is 3.00 bits per heavy atom. The van der Waals surface area contributed by atoms with Crippen molar-refractivity contribution in [2.24, 2.45) is 0 Å². The zero-order valence-electron chi connectivity index (χ0n) is 11.6. The molecule has 1 aromatic carbocycles. The van der Waals surface area contributed by atoms with Crippen molar-refractivity contribution in [3.05, 3.63) is 35.4 Å². The summed E-state index contributed by atoms with van der Waals surface area (Å²) in [6.07, 6.45) is -0.379. The number of halogens is 1. The van der Waals surface area contributed by atoms with Gasteiger partial charge < -0.3 is 20.1 Å². The van der Waals surface area contributed by atoms with Crippen LogP contribution in [0.15, 0.2) is 24.3 Å². The third kappa shape index (κ3) is 5.09. The van der Waals surface area contributed by atoms with Gasteiger partial charge in [-0.2, -0.15) is 0 Å². The first-order valence-electron chi connectivity index (χ1n) is 6.46. The summed E-state index contributed by atoms with van der Waals surface area (Å²) in [5.41, 5.74) is 2.16. The summed E-state index contributed by atoms with van der Waals surface area (Å²) in [5.74, 6) is -0.0654. The van der Waals surface area contributed by atoms with Gasteiger partial charge in [0.15, 0.2) is 0 Å². The minimum Gasteiger partial charge on any atom is -0.380 e. The Kier molecular flexibility index (Phi) is 7.54. The summed E-state index contributed by atoms with van der Waals surface area (Å²) < 4.78 is 10.5. The Labute approximate surface area is 125 Å². The van der Waals surface area contributed by atoms with E-state index in [0.29, 0.717) is 26.3 Å². The van der Waals surface area contributed by atoms with Gasteiger partial charge in [-0.05, 0) is 11.1 Å². The summed E-state index contributed by atoms with van der Waals surface area (Å²) in [7, 11) is 1.67. The van der Waals surface area contributed by atoms with Crippen LogP contribution in [0.4, 0.5) is 0 Å². The molecule has 0 bridgehead atoms. The lowest BCUT2D eigenvalue weighted by molar-refractivity contribution is -0.134. The lowest BCUT2D eigenvalue weighted by atomic mass is 10.1. The van der Waals surface area contributed by atoms with Crippen molar-refractivity contribution in [2.75, 3.05) is 26.8 Å². The third-order valence-electron chi connectivity index (χ3n) is 2.99. The molecule has 0 radical (unpaired) electrons. The van der Waals surface area contributed by atoms with Crippen molar-refractivity contribution in [3.8, 4) is 0 Å². The molecule has 20 heavy (non-hydrogen) atoms. The second-order valence-electron chi connectivity index (χ2n) is 4.53. The molecule has 6 heteroatoms. The molecule has 1 aliphatic rings. The number of amides is 1. The number of rotatable bonds is 5. The number of benzene rings is 1. The molecule has 1 amide bonds. The van der Waals surface area contributed by atoms with Crippen LogP contribution in [-0.4, -0.2) is 38.8 Å². The normalized spacial score (nSPS) is 18.1. The Bertz CT molecular complexity index is 423. The van der Waals surface area contributed by atoms with E-state index in [1.807, 2.05) is 24.3 Å². The van der Waals surface area contributed by atoms with E-state index in [0.717, 1.165) is 17.7 Å². The number of methoxy groups -OCH3 is 1. The molecule has 1 atom stereocenters. The van der Waals surface area contributed by atoms with Gasteiger partial charge in [0.25, 0.3) is 5.91 Å². The molecule has 1 heterocycles. The predicted octanol–water partition coefficient (Wildman–Crippen LogP) is 0.859. The fourth-order valence-corrected chi connectivity index (χ4v) is 2.03. The maximum atomic E-state index is 11.9. The standard InChI is InChI=1S/C14H20N2O3.ClH/c1-18-10-12-4-2-3-11(7-12)8-16-14(17)13-9-15-5-6-19-13;/h2-4,7,13,15H,5-6,8-10H2,1H3,(H,16,17);1H. The Balaban J connectivity index is 0.00000200. The van der Waals surface area contributed by atoms with Gasteiger partial charge in [-0.25, -0.2) is 0 Å². The lowest BCUT2D eigenvalue weighted by Gasteiger charge is -2.22. The highest BCUT2D eigenvalue weighted by atomic mass is 35.5. The molecule has 5 nitrogen and oxygen atoms in total. The van der Waals surface area contributed by atoms with Crippen molar-refractivity contribution < 1.29 is 14.3 Å². The number of ether oxygens (including phenoxy) is 2. The van der Waals surface area contributed by atoms with Crippen molar-refractivity contribution >= 4 is 18.3 Å². The largest absolute Gasteiger partial charge is 0.380 e. The molecule has 2 rings (SSSR count). The van der Waals surface area contributed by atoms with Crippen molar-refractivity contribution in [3.63, 3.8) is 0 Å². The van der Waals surface area contributed by atoms with Gasteiger partial charge in [0.1, 0.15) is 6.10 Å². The number of morpholine rings is 1. The maximum absolute atomic E-state index is 11.9. The van der Waals surface area contributed by atoms with Gasteiger partial charge in [-0.1, -0.05) is 24.3 Å². The molecule has 1 unspecified atom stereocenters. The molecule has 0 saturated carbocycles. The summed E-state index contributed by atoms with van der Waals surface area (Å²) in [5, 5.41) is 6.03. The second kappa shape index (κ2) is 8.92. The van der Waals surface area contributed by atoms with Gasteiger partial charge >= 0.3 is 0 Å². The van der Waals surface area contributed by atoms with Crippen LogP contribution < -0.4 is 10.6 Å². The Morgan fingerprint density at radius 2 is 2.30 bits per heavy atom. The highest BCUT2D eigenvalue weighted by Gasteiger charge is 2.21. The first-order valence-corrected chi connectivity index (χ1v) is 6.46. The summed E-state index contributed by atoms with van der Waals surface area (Å²) in [6, 6.07) is 7.99. The van der Waals surface area contributed by atoms with E-state index < -0.39 is 0 Å². The van der Waals surface area contributed by atoms with Gasteiger partial charge in [-0.3, -0.25) is 4.79 Å². The number of nitrogens with one attached hydrogen (secondary N) is 2. The Morgan fingerprint density at radius 1 is 1.50 bits per heavy atom. The Hall–Kier alpha value is -1.14. The first kappa shape index (κ1) is 16.9. The fraction of sp³-hybridized carbons (Fsp3) is 0.500. The highest BCUT2D eigenvalue weighted by molar-refractivity contribution is 5.85. The average molecular weight is 301 g/mol. The fourth-order valence-electron chi connectivity index (χ4n) is 2.03. The van der Waals surface area contributed by atoms with Crippen molar-refractivity contribution in [1.82, 2.24) is 10.6 Å². The van der Waals surface area contributed by atoms with Crippen molar-refractivity contribution in [2.45, 2.75) is 19.3 Å². The smallest absolute Gasteiger partial charge is 0.250 e. The number of hydrogen-bond donors (Lipinski definition) is 2. The van der Waals surface area contributed by atoms with E-state index in [9.17, 15) is 4.79 Å². The summed E-state index contributed by atoms with van der Waals surface area (Å²) >= 11 is 0. The van der Waals surface area contributed by atoms with Gasteiger partial charge in [-0.15, -0.1) is 12.4 Å². The quantitative estimate of drug-likeness (QED) is 0.847. The molecule has 1 aliphatic heterocycles. The van der Waals surface area contributed by atoms with Crippen LogP contribution in [0, 0.1) is 0 Å². The van der Waals surface area contributed by atoms with E-state index in [4.69, 9.17) is 9.47 Å². The van der Waals surface area contributed by atoms with Crippen LogP contribution in [-0.2, 0) is 27.4 Å². The molecule has 1 fully saturated rings. The molecule has 1 saturated heterocycles. The minimum atomic E-state index is -0.379. The van der Waals surface area contributed by atoms with E-state index in [-0.39, 0.29) is 24.4 Å². The SMILES string of the molecule is COCc1cccc(CNC(=O)C2CNCCO2)c1.Cl. The van der Waals surface area contributed by atoms with E-state index in [2.05, 4.69) is 10.6 Å². The third-order valence-corrected chi connectivity index (χ3v) is 2.99. The second-order valence-corrected chi connectivity index (χ2v) is 4.53. The molecular weight excluding hydrogens is 280 g/mol. The average Bonchev–Trinajstić information content (AvgIpc) is 2.46.